The fraction of sp³-hybridized carbons (Fsp3) is 1.00. The minimum Gasteiger partial charge on any atom is -0.726 e. The maximum Gasteiger partial charge on any atom is 2.00 e. The van der Waals surface area contributed by atoms with Crippen molar-refractivity contribution in [2.45, 2.75) is 24.7 Å². The van der Waals surface area contributed by atoms with E-state index in [-0.39, 0.29) is 23.1 Å². The van der Waals surface area contributed by atoms with Crippen LogP contribution in [0.2, 0.25) is 0 Å². The van der Waals surface area contributed by atoms with Crippen LogP contribution in [0.25, 0.3) is 0 Å². The van der Waals surface area contributed by atoms with Gasteiger partial charge in [-0.25, -0.2) is 34.4 Å². The first kappa shape index (κ1) is 29.7. The van der Waals surface area contributed by atoms with Gasteiger partial charge in [0.25, 0.3) is 0 Å². The van der Waals surface area contributed by atoms with Crippen molar-refractivity contribution in [3.8, 4) is 0 Å². The van der Waals surface area contributed by atoms with Crippen LogP contribution < -0.4 is 0 Å². The Labute approximate surface area is 151 Å². The van der Waals surface area contributed by atoms with E-state index in [1.165, 1.54) is 0 Å². The van der Waals surface area contributed by atoms with Crippen LogP contribution in [0.15, 0.2) is 0 Å². The molecule has 0 radical (unpaired) electrons. The number of hydrogen-bond acceptors (Lipinski definition) is 8. The fourth-order valence-electron chi connectivity index (χ4n) is 0.427. The normalized spacial score (nSPS) is 13.3. The molecule has 148 valence electrons. The van der Waals surface area contributed by atoms with Gasteiger partial charge in [0, 0.05) is 0 Å². The Hall–Kier alpha value is -0.0538. The van der Waals surface area contributed by atoms with Gasteiger partial charge in [-0.05, 0) is 0 Å². The number of rotatable bonds is 8. The molecule has 0 fully saturated rings. The average Bonchev–Trinajstić information content (AvgIpc) is 2.33. The molecule has 0 spiro atoms. The summed E-state index contributed by atoms with van der Waals surface area (Å²) in [5.41, 5.74) is 0. The smallest absolute Gasteiger partial charge is 0.726 e. The zero-order valence-corrected chi connectivity index (χ0v) is 14.4. The molecule has 0 aromatic rings. The van der Waals surface area contributed by atoms with E-state index in [9.17, 15) is 61.1 Å². The summed E-state index contributed by atoms with van der Waals surface area (Å²) in [6, 6.07) is 0. The Morgan fingerprint density at radius 3 is 1.04 bits per heavy atom. The monoisotopic (exact) mass is 446 g/mol. The molecule has 0 aliphatic carbocycles. The van der Waals surface area contributed by atoms with Crippen molar-refractivity contribution in [1.82, 2.24) is 0 Å². The molecule has 0 aliphatic heterocycles. The van der Waals surface area contributed by atoms with E-state index in [0.29, 0.717) is 0 Å². The van der Waals surface area contributed by atoms with Crippen molar-refractivity contribution >= 4 is 43.9 Å². The summed E-state index contributed by atoms with van der Waals surface area (Å²) in [7, 11) is -10.7. The van der Waals surface area contributed by atoms with Crippen LogP contribution in [-0.4, -0.2) is 86.9 Å². The van der Waals surface area contributed by atoms with Gasteiger partial charge in [0.05, 0.1) is 0 Å². The maximum atomic E-state index is 11.8. The first-order valence-corrected chi connectivity index (χ1v) is 7.49. The van der Waals surface area contributed by atoms with Crippen LogP contribution in [0.5, 0.6) is 0 Å². The van der Waals surface area contributed by atoms with Gasteiger partial charge in [0.1, 0.15) is 13.2 Å². The van der Waals surface area contributed by atoms with Gasteiger partial charge in [-0.15, -0.1) is 0 Å². The topological polar surface area (TPSA) is 133 Å². The number of halogens is 8. The molecule has 0 aliphatic rings. The molecule has 0 rings (SSSR count). The van der Waals surface area contributed by atoms with Crippen LogP contribution in [0.1, 0.15) is 0 Å². The van der Waals surface area contributed by atoms with Gasteiger partial charge in [0.15, 0.2) is 0 Å². The molecule has 0 aromatic heterocycles. The Morgan fingerprint density at radius 1 is 0.720 bits per heavy atom. The molecule has 0 bridgehead atoms. The van der Waals surface area contributed by atoms with Gasteiger partial charge in [-0.3, -0.25) is 8.37 Å². The standard InChI is InChI=1S/2C3H4F4O4S.Mg/c2*4-2(5)3(6,7)1-11-12(8,9)10;/h2*2H,1H2,(H,8,9,10);/q;;+2/p-2. The summed E-state index contributed by atoms with van der Waals surface area (Å²) >= 11 is 0. The molecule has 0 unspecified atom stereocenters. The first-order chi connectivity index (χ1) is 10.3. The van der Waals surface area contributed by atoms with Gasteiger partial charge in [-0.2, -0.15) is 17.6 Å². The third kappa shape index (κ3) is 17.1. The van der Waals surface area contributed by atoms with E-state index in [4.69, 9.17) is 0 Å². The summed E-state index contributed by atoms with van der Waals surface area (Å²) in [6.07, 6.45) is -8.14. The predicted octanol–water partition coefficient (Wildman–Crippen LogP) is 0.346. The second kappa shape index (κ2) is 10.9. The molecule has 0 saturated heterocycles. The number of hydrogen-bond donors (Lipinski definition) is 0. The summed E-state index contributed by atoms with van der Waals surface area (Å²) in [5.74, 6) is -9.25. The van der Waals surface area contributed by atoms with Crippen LogP contribution in [0.4, 0.5) is 35.1 Å². The van der Waals surface area contributed by atoms with E-state index < -0.39 is 58.7 Å². The minimum atomic E-state index is -5.35. The first-order valence-electron chi connectivity index (χ1n) is 4.82. The molecular formula is C6H6F8MgO8S2. The van der Waals surface area contributed by atoms with Crippen LogP contribution >= 0.6 is 0 Å². The molecule has 25 heavy (non-hydrogen) atoms. The van der Waals surface area contributed by atoms with Gasteiger partial charge in [-0.1, -0.05) is 0 Å². The Kier molecular flexibility index (Phi) is 13.0. The van der Waals surface area contributed by atoms with Crippen LogP contribution in [0, 0.1) is 0 Å². The summed E-state index contributed by atoms with van der Waals surface area (Å²) < 4.78 is 155. The van der Waals surface area contributed by atoms with E-state index in [1.807, 2.05) is 0 Å². The fourth-order valence-corrected chi connectivity index (χ4v) is 1.03. The van der Waals surface area contributed by atoms with Crippen molar-refractivity contribution in [2.24, 2.45) is 0 Å². The molecule has 0 N–H and O–H groups in total. The zero-order valence-electron chi connectivity index (χ0n) is 11.4. The average molecular weight is 447 g/mol. The summed E-state index contributed by atoms with van der Waals surface area (Å²) in [6.45, 7) is -4.28. The predicted molar refractivity (Wildman–Crippen MR) is 59.0 cm³/mol. The largest absolute Gasteiger partial charge is 2.00 e. The van der Waals surface area contributed by atoms with Crippen LogP contribution in [-0.2, 0) is 29.2 Å². The zero-order chi connectivity index (χ0) is 20.0. The molecule has 0 heterocycles. The van der Waals surface area contributed by atoms with Crippen molar-refractivity contribution in [3.05, 3.63) is 0 Å². The van der Waals surface area contributed by atoms with E-state index in [1.54, 1.807) is 0 Å². The van der Waals surface area contributed by atoms with E-state index in [2.05, 4.69) is 8.37 Å². The van der Waals surface area contributed by atoms with E-state index in [0.717, 1.165) is 0 Å². The minimum absolute atomic E-state index is 0. The second-order valence-corrected chi connectivity index (χ2v) is 5.57. The van der Waals surface area contributed by atoms with Crippen molar-refractivity contribution < 1.29 is 69.4 Å². The van der Waals surface area contributed by atoms with Crippen molar-refractivity contribution in [3.63, 3.8) is 0 Å². The van der Waals surface area contributed by atoms with Crippen molar-refractivity contribution in [2.75, 3.05) is 13.2 Å². The van der Waals surface area contributed by atoms with Crippen LogP contribution in [0.3, 0.4) is 0 Å². The molecule has 0 atom stereocenters. The van der Waals surface area contributed by atoms with Gasteiger partial charge < -0.3 is 9.11 Å². The molecule has 8 nitrogen and oxygen atoms in total. The molecular weight excluding hydrogens is 440 g/mol. The number of alkyl halides is 8. The summed E-state index contributed by atoms with van der Waals surface area (Å²) in [4.78, 5) is 0. The third-order valence-electron chi connectivity index (χ3n) is 1.43. The van der Waals surface area contributed by atoms with E-state index >= 15 is 0 Å². The molecule has 0 saturated carbocycles. The Balaban J connectivity index is -0.000000372. The SMILES string of the molecule is O=S(=O)([O-])OCC(F)(F)C(F)F.O=S(=O)([O-])OCC(F)(F)C(F)F.[Mg+2]. The molecule has 0 aromatic carbocycles. The van der Waals surface area contributed by atoms with Gasteiger partial charge in [0.2, 0.25) is 20.8 Å². The Bertz CT molecular complexity index is 527. The second-order valence-electron chi connectivity index (χ2n) is 3.46. The molecule has 19 heteroatoms. The third-order valence-corrected chi connectivity index (χ3v) is 2.24. The summed E-state index contributed by atoms with van der Waals surface area (Å²) in [5, 5.41) is 0. The quantitative estimate of drug-likeness (QED) is 0.226. The molecule has 0 amide bonds. The van der Waals surface area contributed by atoms with Crippen molar-refractivity contribution in [1.29, 1.82) is 0 Å². The maximum absolute atomic E-state index is 11.8. The van der Waals surface area contributed by atoms with Gasteiger partial charge >= 0.3 is 47.7 Å². The Morgan fingerprint density at radius 2 is 0.920 bits per heavy atom.